The van der Waals surface area contributed by atoms with Crippen LogP contribution in [-0.2, 0) is 10.9 Å². The summed E-state index contributed by atoms with van der Waals surface area (Å²) in [7, 11) is 0. The van der Waals surface area contributed by atoms with E-state index in [9.17, 15) is 17.6 Å². The van der Waals surface area contributed by atoms with Crippen molar-refractivity contribution in [2.45, 2.75) is 37.3 Å². The molecule has 0 aromatic carbocycles. The molecule has 0 saturated carbocycles. The van der Waals surface area contributed by atoms with Crippen molar-refractivity contribution < 1.29 is 22.3 Å². The Balaban J connectivity index is 1.58. The third-order valence-electron chi connectivity index (χ3n) is 5.83. The van der Waals surface area contributed by atoms with Crippen molar-refractivity contribution in [2.24, 2.45) is 0 Å². The number of anilines is 3. The lowest BCUT2D eigenvalue weighted by molar-refractivity contribution is -0.137. The first kappa shape index (κ1) is 19.3. The maximum atomic E-state index is 13.8. The second-order valence-electron chi connectivity index (χ2n) is 7.90. The van der Waals surface area contributed by atoms with Gasteiger partial charge in [0.1, 0.15) is 17.8 Å². The Morgan fingerprint density at radius 2 is 2.00 bits per heavy atom. The van der Waals surface area contributed by atoms with Gasteiger partial charge in [0.15, 0.2) is 0 Å². The number of rotatable bonds is 3. The summed E-state index contributed by atoms with van der Waals surface area (Å²) in [6.45, 7) is 1.84. The molecule has 2 bridgehead atoms. The Labute approximate surface area is 169 Å². The fourth-order valence-corrected chi connectivity index (χ4v) is 4.28. The predicted molar refractivity (Wildman–Crippen MR) is 102 cm³/mol. The largest absolute Gasteiger partial charge is 0.419 e. The maximum Gasteiger partial charge on any atom is 0.419 e. The molecule has 160 valence electrons. The van der Waals surface area contributed by atoms with Crippen LogP contribution in [0.25, 0.3) is 11.3 Å². The highest BCUT2D eigenvalue weighted by molar-refractivity contribution is 5.67. The Kier molecular flexibility index (Phi) is 4.46. The molecule has 0 aliphatic carbocycles. The summed E-state index contributed by atoms with van der Waals surface area (Å²) < 4.78 is 59.3. The predicted octanol–water partition coefficient (Wildman–Crippen LogP) is 2.67. The van der Waals surface area contributed by atoms with Gasteiger partial charge in [0, 0.05) is 30.9 Å². The fraction of sp³-hybridized carbons (Fsp3) is 0.526. The lowest BCUT2D eigenvalue weighted by atomic mass is 10.1. The molecule has 0 amide bonds. The molecule has 3 atom stereocenters. The van der Waals surface area contributed by atoms with Crippen LogP contribution in [0.4, 0.5) is 35.1 Å². The molecule has 3 aliphatic heterocycles. The van der Waals surface area contributed by atoms with Crippen molar-refractivity contribution in [3.05, 3.63) is 23.9 Å². The molecular formula is C19H20F4N6O. The van der Waals surface area contributed by atoms with Crippen LogP contribution >= 0.6 is 0 Å². The molecular weight excluding hydrogens is 404 g/mol. The van der Waals surface area contributed by atoms with E-state index in [1.165, 1.54) is 6.20 Å². The summed E-state index contributed by atoms with van der Waals surface area (Å²) in [5, 5.41) is 0. The zero-order chi connectivity index (χ0) is 21.0. The average molecular weight is 424 g/mol. The van der Waals surface area contributed by atoms with E-state index in [4.69, 9.17) is 10.5 Å². The molecule has 3 saturated heterocycles. The number of halogens is 4. The summed E-state index contributed by atoms with van der Waals surface area (Å²) in [5.41, 5.74) is 4.89. The molecule has 7 nitrogen and oxygen atoms in total. The van der Waals surface area contributed by atoms with Crippen LogP contribution < -0.4 is 15.5 Å². The van der Waals surface area contributed by atoms with E-state index < -0.39 is 23.7 Å². The molecule has 2 aromatic heterocycles. The van der Waals surface area contributed by atoms with Gasteiger partial charge in [0.25, 0.3) is 0 Å². The number of nitrogens with two attached hydrogens (primary N) is 1. The van der Waals surface area contributed by atoms with E-state index >= 15 is 0 Å². The van der Waals surface area contributed by atoms with Gasteiger partial charge in [-0.25, -0.2) is 14.4 Å². The number of alkyl halides is 4. The first-order valence-electron chi connectivity index (χ1n) is 9.77. The Hall–Kier alpha value is -2.69. The molecule has 2 aromatic rings. The molecule has 0 radical (unpaired) electrons. The van der Waals surface area contributed by atoms with Gasteiger partial charge in [-0.05, 0) is 18.9 Å². The molecule has 3 aliphatic rings. The number of hydrogen-bond donors (Lipinski definition) is 1. The van der Waals surface area contributed by atoms with Crippen molar-refractivity contribution in [1.29, 1.82) is 0 Å². The van der Waals surface area contributed by atoms with E-state index in [0.717, 1.165) is 12.5 Å². The van der Waals surface area contributed by atoms with Crippen LogP contribution in [0.5, 0.6) is 0 Å². The zero-order valence-corrected chi connectivity index (χ0v) is 15.9. The minimum absolute atomic E-state index is 0.119. The van der Waals surface area contributed by atoms with Gasteiger partial charge in [-0.2, -0.15) is 18.2 Å². The van der Waals surface area contributed by atoms with Crippen LogP contribution in [0.15, 0.2) is 18.3 Å². The van der Waals surface area contributed by atoms with Crippen LogP contribution in [-0.4, -0.2) is 59.5 Å². The Morgan fingerprint density at radius 1 is 1.17 bits per heavy atom. The molecule has 0 spiro atoms. The van der Waals surface area contributed by atoms with E-state index in [-0.39, 0.29) is 24.3 Å². The molecule has 0 unspecified atom stereocenters. The molecule has 5 heterocycles. The molecule has 5 rings (SSSR count). The lowest BCUT2D eigenvalue weighted by Crippen LogP contribution is -2.38. The number of ether oxygens (including phenoxy) is 1. The number of nitrogens with zero attached hydrogens (tertiary/aromatic N) is 5. The third-order valence-corrected chi connectivity index (χ3v) is 5.83. The highest BCUT2D eigenvalue weighted by Gasteiger charge is 2.40. The standard InChI is InChI=1S/C19H20F4N6O/c20-11-1-2-28(7-11)18-26-15(10-3-14(19(21,22)23)17(24)25-6-10)5-16(27-18)29-8-13-4-12(29)9-30-13/h3,5-6,11-13H,1-2,4,7-9H2,(H2,24,25)/t11-,12-,13-/m0/s1. The van der Waals surface area contributed by atoms with Gasteiger partial charge in [-0.1, -0.05) is 0 Å². The summed E-state index contributed by atoms with van der Waals surface area (Å²) in [4.78, 5) is 16.6. The molecule has 2 N–H and O–H groups in total. The van der Waals surface area contributed by atoms with Crippen molar-refractivity contribution in [2.75, 3.05) is 41.8 Å². The van der Waals surface area contributed by atoms with Crippen LogP contribution in [0.1, 0.15) is 18.4 Å². The van der Waals surface area contributed by atoms with Gasteiger partial charge in [0.2, 0.25) is 5.95 Å². The van der Waals surface area contributed by atoms with Crippen molar-refractivity contribution >= 4 is 17.6 Å². The van der Waals surface area contributed by atoms with Gasteiger partial charge in [-0.15, -0.1) is 0 Å². The number of nitrogen functional groups attached to an aromatic ring is 1. The van der Waals surface area contributed by atoms with Gasteiger partial charge >= 0.3 is 6.18 Å². The van der Waals surface area contributed by atoms with Gasteiger partial charge in [0.05, 0.1) is 36.6 Å². The smallest absolute Gasteiger partial charge is 0.383 e. The minimum atomic E-state index is -4.63. The maximum absolute atomic E-state index is 13.8. The second-order valence-corrected chi connectivity index (χ2v) is 7.90. The number of fused-ring (bicyclic) bond motifs is 2. The van der Waals surface area contributed by atoms with Crippen LogP contribution in [0.2, 0.25) is 0 Å². The molecule has 3 fully saturated rings. The highest BCUT2D eigenvalue weighted by Crippen LogP contribution is 2.37. The number of morpholine rings is 1. The van der Waals surface area contributed by atoms with E-state index in [1.807, 2.05) is 0 Å². The molecule has 30 heavy (non-hydrogen) atoms. The van der Waals surface area contributed by atoms with E-state index in [2.05, 4.69) is 19.9 Å². The van der Waals surface area contributed by atoms with Crippen LogP contribution in [0.3, 0.4) is 0 Å². The second kappa shape index (κ2) is 6.93. The Morgan fingerprint density at radius 3 is 2.63 bits per heavy atom. The number of pyridine rings is 1. The average Bonchev–Trinajstić information content (AvgIpc) is 3.44. The monoisotopic (exact) mass is 424 g/mol. The fourth-order valence-electron chi connectivity index (χ4n) is 4.28. The summed E-state index contributed by atoms with van der Waals surface area (Å²) >= 11 is 0. The summed E-state index contributed by atoms with van der Waals surface area (Å²) in [6, 6.07) is 2.76. The lowest BCUT2D eigenvalue weighted by Gasteiger charge is -2.29. The zero-order valence-electron chi connectivity index (χ0n) is 15.9. The van der Waals surface area contributed by atoms with Crippen molar-refractivity contribution in [3.63, 3.8) is 0 Å². The topological polar surface area (TPSA) is 80.4 Å². The summed E-state index contributed by atoms with van der Waals surface area (Å²) in [5.74, 6) is 0.310. The minimum Gasteiger partial charge on any atom is -0.383 e. The Bertz CT molecular complexity index is 971. The number of hydrogen-bond acceptors (Lipinski definition) is 7. The van der Waals surface area contributed by atoms with Crippen molar-refractivity contribution in [3.8, 4) is 11.3 Å². The van der Waals surface area contributed by atoms with Gasteiger partial charge < -0.3 is 20.3 Å². The molecule has 11 heteroatoms. The highest BCUT2D eigenvalue weighted by atomic mass is 19.4. The number of aromatic nitrogens is 3. The quantitative estimate of drug-likeness (QED) is 0.759. The first-order valence-corrected chi connectivity index (χ1v) is 9.77. The summed E-state index contributed by atoms with van der Waals surface area (Å²) in [6.07, 6.45) is -2.98. The van der Waals surface area contributed by atoms with Crippen LogP contribution in [0, 0.1) is 0 Å². The SMILES string of the molecule is Nc1ncc(-c2cc(N3C[C@@H]4C[C@H]3CO4)nc(N3CC[C@H](F)C3)n2)cc1C(F)(F)F. The third kappa shape index (κ3) is 3.40. The van der Waals surface area contributed by atoms with E-state index in [1.54, 1.807) is 11.0 Å². The van der Waals surface area contributed by atoms with Gasteiger partial charge in [-0.3, -0.25) is 0 Å². The first-order chi connectivity index (χ1) is 14.3. The van der Waals surface area contributed by atoms with E-state index in [0.29, 0.717) is 43.6 Å². The van der Waals surface area contributed by atoms with Crippen molar-refractivity contribution in [1.82, 2.24) is 15.0 Å². The normalized spacial score (nSPS) is 26.1.